The van der Waals surface area contributed by atoms with Gasteiger partial charge in [-0.2, -0.15) is 0 Å². The van der Waals surface area contributed by atoms with Gasteiger partial charge >= 0.3 is 0 Å². The first-order valence-electron chi connectivity index (χ1n) is 6.75. The maximum absolute atomic E-state index is 8.36. The van der Waals surface area contributed by atoms with E-state index in [4.69, 9.17) is 24.1 Å². The van der Waals surface area contributed by atoms with Crippen molar-refractivity contribution in [3.63, 3.8) is 0 Å². The van der Waals surface area contributed by atoms with Crippen molar-refractivity contribution >= 4 is 12.1 Å². The second-order valence-corrected chi connectivity index (χ2v) is 4.62. The quantitative estimate of drug-likeness (QED) is 0.732. The summed E-state index contributed by atoms with van der Waals surface area (Å²) in [4.78, 5) is 12.6. The molecule has 1 aromatic carbocycles. The van der Waals surface area contributed by atoms with E-state index in [-0.39, 0.29) is 13.3 Å². The number of carbonyl (C=O) groups is 1. The Balaban J connectivity index is 0.000000485. The van der Waals surface area contributed by atoms with Gasteiger partial charge in [0.15, 0.2) is 11.5 Å². The molecule has 4 rings (SSSR count). The molecule has 0 radical (unpaired) electrons. The first-order valence-corrected chi connectivity index (χ1v) is 6.75. The Hall–Kier alpha value is -3.22. The van der Waals surface area contributed by atoms with E-state index in [0.29, 0.717) is 5.75 Å². The molecule has 0 fully saturated rings. The third kappa shape index (κ3) is 2.76. The number of hydrogen-bond acceptors (Lipinski definition) is 5. The van der Waals surface area contributed by atoms with Gasteiger partial charge in [-0.05, 0) is 18.2 Å². The minimum Gasteiger partial charge on any atom is -0.496 e. The third-order valence-corrected chi connectivity index (χ3v) is 3.39. The number of imidazole rings is 1. The molecular formula is C16H14N2O5. The van der Waals surface area contributed by atoms with Crippen LogP contribution in [0.4, 0.5) is 0 Å². The lowest BCUT2D eigenvalue weighted by molar-refractivity contribution is -0.122. The second-order valence-electron chi connectivity index (χ2n) is 4.62. The highest BCUT2D eigenvalue weighted by Crippen LogP contribution is 2.42. The molecule has 0 atom stereocenters. The van der Waals surface area contributed by atoms with Crippen molar-refractivity contribution < 1.29 is 24.1 Å². The minimum absolute atomic E-state index is 0.250. The van der Waals surface area contributed by atoms with E-state index in [0.717, 1.165) is 28.3 Å². The lowest BCUT2D eigenvalue weighted by Crippen LogP contribution is -1.92. The van der Waals surface area contributed by atoms with Crippen molar-refractivity contribution in [2.45, 2.75) is 0 Å². The van der Waals surface area contributed by atoms with Crippen LogP contribution in [-0.4, -0.2) is 34.9 Å². The number of benzene rings is 1. The van der Waals surface area contributed by atoms with Crippen LogP contribution in [0.2, 0.25) is 0 Å². The van der Waals surface area contributed by atoms with Crippen LogP contribution in [0.3, 0.4) is 0 Å². The second kappa shape index (κ2) is 6.27. The Morgan fingerprint density at radius 1 is 1.30 bits per heavy atom. The van der Waals surface area contributed by atoms with Crippen LogP contribution in [0, 0.1) is 0 Å². The van der Waals surface area contributed by atoms with Crippen LogP contribution in [-0.2, 0) is 4.79 Å². The maximum Gasteiger partial charge on any atom is 0.290 e. The minimum atomic E-state index is -0.250. The zero-order chi connectivity index (χ0) is 16.2. The lowest BCUT2D eigenvalue weighted by atomic mass is 10.1. The summed E-state index contributed by atoms with van der Waals surface area (Å²) in [5.74, 6) is 2.22. The topological polar surface area (TPSA) is 82.3 Å². The highest BCUT2D eigenvalue weighted by Gasteiger charge is 2.18. The summed E-state index contributed by atoms with van der Waals surface area (Å²) < 4.78 is 18.2. The van der Waals surface area contributed by atoms with Crippen LogP contribution in [0.25, 0.3) is 16.8 Å². The molecule has 0 saturated heterocycles. The van der Waals surface area contributed by atoms with Crippen molar-refractivity contribution in [2.75, 3.05) is 13.9 Å². The van der Waals surface area contributed by atoms with Gasteiger partial charge in [-0.3, -0.25) is 4.79 Å². The van der Waals surface area contributed by atoms with E-state index in [1.807, 2.05) is 41.1 Å². The molecule has 3 heterocycles. The van der Waals surface area contributed by atoms with Gasteiger partial charge in [0.1, 0.15) is 11.4 Å². The zero-order valence-corrected chi connectivity index (χ0v) is 12.3. The first kappa shape index (κ1) is 14.7. The number of methoxy groups -OCH3 is 1. The normalized spacial score (nSPS) is 11.7. The Kier molecular flexibility index (Phi) is 4.01. The van der Waals surface area contributed by atoms with Crippen LogP contribution < -0.4 is 14.2 Å². The number of nitrogens with zero attached hydrogens (tertiary/aromatic N) is 2. The molecule has 0 amide bonds. The molecule has 0 unspecified atom stereocenters. The summed E-state index contributed by atoms with van der Waals surface area (Å²) in [6.07, 6.45) is 5.71. The monoisotopic (exact) mass is 314 g/mol. The maximum atomic E-state index is 8.36. The molecule has 7 heteroatoms. The van der Waals surface area contributed by atoms with Crippen molar-refractivity contribution in [2.24, 2.45) is 0 Å². The molecule has 1 N–H and O–H groups in total. The summed E-state index contributed by atoms with van der Waals surface area (Å²) in [5, 5.41) is 6.89. The standard InChI is InChI=1S/C15H12N2O3.CH2O2/c1-18-12-7-14-13(19-9-20-14)6-11(12)10-2-3-15-16-4-5-17(15)8-10;2-1-3/h2-8H,9H2,1H3;1H,(H,2,3). The SMILES string of the molecule is COc1cc2c(cc1-c1ccc3nccn3c1)OCO2.O=CO. The van der Waals surface area contributed by atoms with E-state index in [2.05, 4.69) is 4.98 Å². The molecule has 0 bridgehead atoms. The molecule has 0 saturated carbocycles. The smallest absolute Gasteiger partial charge is 0.290 e. The molecule has 3 aromatic rings. The predicted octanol–water partition coefficient (Wildman–Crippen LogP) is 2.44. The van der Waals surface area contributed by atoms with Crippen LogP contribution in [0.15, 0.2) is 42.9 Å². The number of hydrogen-bond donors (Lipinski definition) is 1. The van der Waals surface area contributed by atoms with E-state index in [9.17, 15) is 0 Å². The van der Waals surface area contributed by atoms with Crippen molar-refractivity contribution in [3.05, 3.63) is 42.9 Å². The van der Waals surface area contributed by atoms with E-state index in [1.165, 1.54) is 0 Å². The number of aromatic nitrogens is 2. The molecule has 7 nitrogen and oxygen atoms in total. The summed E-state index contributed by atoms with van der Waals surface area (Å²) in [6.45, 7) is 0.00248. The Morgan fingerprint density at radius 2 is 2.04 bits per heavy atom. The van der Waals surface area contributed by atoms with Crippen molar-refractivity contribution in [1.29, 1.82) is 0 Å². The average molecular weight is 314 g/mol. The summed E-state index contributed by atoms with van der Waals surface area (Å²) in [6, 6.07) is 7.79. The fourth-order valence-electron chi connectivity index (χ4n) is 2.40. The highest BCUT2D eigenvalue weighted by atomic mass is 16.7. The van der Waals surface area contributed by atoms with Gasteiger partial charge in [0.05, 0.1) is 7.11 Å². The van der Waals surface area contributed by atoms with Gasteiger partial charge in [0.2, 0.25) is 6.79 Å². The average Bonchev–Trinajstić information content (AvgIpc) is 3.21. The summed E-state index contributed by atoms with van der Waals surface area (Å²) in [5.41, 5.74) is 2.91. The summed E-state index contributed by atoms with van der Waals surface area (Å²) in [7, 11) is 1.65. The number of fused-ring (bicyclic) bond motifs is 2. The van der Waals surface area contributed by atoms with Crippen molar-refractivity contribution in [3.8, 4) is 28.4 Å². The largest absolute Gasteiger partial charge is 0.496 e. The molecule has 1 aliphatic heterocycles. The zero-order valence-electron chi connectivity index (χ0n) is 12.3. The van der Waals surface area contributed by atoms with Gasteiger partial charge in [-0.1, -0.05) is 0 Å². The predicted molar refractivity (Wildman–Crippen MR) is 82.0 cm³/mol. The van der Waals surface area contributed by atoms with Crippen LogP contribution in [0.1, 0.15) is 0 Å². The molecule has 0 aliphatic carbocycles. The fourth-order valence-corrected chi connectivity index (χ4v) is 2.40. The Morgan fingerprint density at radius 3 is 2.78 bits per heavy atom. The van der Waals surface area contributed by atoms with Gasteiger partial charge in [-0.25, -0.2) is 4.98 Å². The lowest BCUT2D eigenvalue weighted by Gasteiger charge is -2.10. The molecule has 1 aliphatic rings. The van der Waals surface area contributed by atoms with Gasteiger partial charge < -0.3 is 23.7 Å². The van der Waals surface area contributed by atoms with Crippen molar-refractivity contribution in [1.82, 2.24) is 9.38 Å². The molecule has 0 spiro atoms. The van der Waals surface area contributed by atoms with Crippen LogP contribution >= 0.6 is 0 Å². The first-order chi connectivity index (χ1) is 11.3. The molecule has 118 valence electrons. The van der Waals surface area contributed by atoms with Gasteiger partial charge in [0.25, 0.3) is 6.47 Å². The number of carboxylic acid groups (broad SMARTS) is 1. The van der Waals surface area contributed by atoms with E-state index >= 15 is 0 Å². The number of ether oxygens (including phenoxy) is 3. The number of pyridine rings is 1. The van der Waals surface area contributed by atoms with Crippen LogP contribution in [0.5, 0.6) is 17.2 Å². The Bertz CT molecular complexity index is 844. The van der Waals surface area contributed by atoms with Gasteiger partial charge in [0, 0.05) is 35.8 Å². The van der Waals surface area contributed by atoms with Gasteiger partial charge in [-0.15, -0.1) is 0 Å². The molecular weight excluding hydrogens is 300 g/mol. The summed E-state index contributed by atoms with van der Waals surface area (Å²) >= 11 is 0. The third-order valence-electron chi connectivity index (χ3n) is 3.39. The van der Waals surface area contributed by atoms with E-state index in [1.54, 1.807) is 13.3 Å². The van der Waals surface area contributed by atoms with E-state index < -0.39 is 0 Å². The molecule has 23 heavy (non-hydrogen) atoms. The number of rotatable bonds is 2. The highest BCUT2D eigenvalue weighted by molar-refractivity contribution is 5.75. The fraction of sp³-hybridized carbons (Fsp3) is 0.125. The molecule has 2 aromatic heterocycles. The Labute approximate surface area is 131 Å².